The van der Waals surface area contributed by atoms with Gasteiger partial charge in [0, 0.05) is 10.6 Å². The van der Waals surface area contributed by atoms with E-state index in [2.05, 4.69) is 0 Å². The number of halogens is 1. The first-order valence-electron chi connectivity index (χ1n) is 6.01. The number of benzene rings is 2. The molecule has 0 saturated carbocycles. The fraction of sp³-hybridized carbons (Fsp3) is 0.188. The standard InChI is InChI=1S/C16H15ClO2/c1-9-4-5-12(14(6-9)16(18)19)13-7-10(2)11(3)8-15(13)17/h4-8H,1-3H3,(H,18,19). The molecular weight excluding hydrogens is 260 g/mol. The topological polar surface area (TPSA) is 37.3 Å². The molecule has 0 radical (unpaired) electrons. The van der Waals surface area contributed by atoms with Gasteiger partial charge in [-0.3, -0.25) is 0 Å². The van der Waals surface area contributed by atoms with Crippen LogP contribution >= 0.6 is 11.6 Å². The molecule has 0 amide bonds. The second kappa shape index (κ2) is 5.06. The smallest absolute Gasteiger partial charge is 0.336 e. The summed E-state index contributed by atoms with van der Waals surface area (Å²) in [5.41, 5.74) is 4.81. The van der Waals surface area contributed by atoms with E-state index in [0.29, 0.717) is 10.6 Å². The molecule has 0 aliphatic rings. The molecule has 2 aromatic carbocycles. The van der Waals surface area contributed by atoms with Crippen molar-refractivity contribution in [1.29, 1.82) is 0 Å². The van der Waals surface area contributed by atoms with E-state index >= 15 is 0 Å². The Morgan fingerprint density at radius 2 is 1.63 bits per heavy atom. The first-order valence-corrected chi connectivity index (χ1v) is 6.39. The fourth-order valence-electron chi connectivity index (χ4n) is 2.06. The Kier molecular flexibility index (Phi) is 3.63. The summed E-state index contributed by atoms with van der Waals surface area (Å²) in [5.74, 6) is -0.937. The van der Waals surface area contributed by atoms with E-state index in [9.17, 15) is 9.90 Å². The van der Waals surface area contributed by atoms with E-state index < -0.39 is 5.97 Å². The second-order valence-electron chi connectivity index (χ2n) is 4.77. The van der Waals surface area contributed by atoms with Crippen molar-refractivity contribution in [3.05, 3.63) is 57.6 Å². The van der Waals surface area contributed by atoms with E-state index in [0.717, 1.165) is 22.3 Å². The third kappa shape index (κ3) is 2.64. The van der Waals surface area contributed by atoms with Gasteiger partial charge in [0.05, 0.1) is 5.56 Å². The molecule has 0 fully saturated rings. The quantitative estimate of drug-likeness (QED) is 0.867. The van der Waals surface area contributed by atoms with Crippen LogP contribution in [-0.2, 0) is 0 Å². The van der Waals surface area contributed by atoms with Crippen molar-refractivity contribution in [3.8, 4) is 11.1 Å². The van der Waals surface area contributed by atoms with Crippen LogP contribution in [0.2, 0.25) is 5.02 Å². The third-order valence-electron chi connectivity index (χ3n) is 3.28. The Bertz CT molecular complexity index is 660. The molecule has 0 heterocycles. The van der Waals surface area contributed by atoms with Gasteiger partial charge in [-0.05, 0) is 55.7 Å². The van der Waals surface area contributed by atoms with Crippen molar-refractivity contribution in [3.63, 3.8) is 0 Å². The fourth-order valence-corrected chi connectivity index (χ4v) is 2.38. The van der Waals surface area contributed by atoms with Crippen LogP contribution < -0.4 is 0 Å². The van der Waals surface area contributed by atoms with Crippen LogP contribution in [0.5, 0.6) is 0 Å². The number of aromatic carboxylic acids is 1. The summed E-state index contributed by atoms with van der Waals surface area (Å²) in [5, 5.41) is 9.90. The Morgan fingerprint density at radius 1 is 1.00 bits per heavy atom. The van der Waals surface area contributed by atoms with Gasteiger partial charge in [0.1, 0.15) is 0 Å². The Morgan fingerprint density at radius 3 is 2.26 bits per heavy atom. The molecule has 98 valence electrons. The molecule has 2 aromatic rings. The molecule has 0 unspecified atom stereocenters. The summed E-state index contributed by atoms with van der Waals surface area (Å²) in [6.45, 7) is 5.85. The maximum Gasteiger partial charge on any atom is 0.336 e. The van der Waals surface area contributed by atoms with Gasteiger partial charge >= 0.3 is 5.97 Å². The molecular formula is C16H15ClO2. The van der Waals surface area contributed by atoms with E-state index in [1.807, 2.05) is 45.0 Å². The highest BCUT2D eigenvalue weighted by atomic mass is 35.5. The van der Waals surface area contributed by atoms with Gasteiger partial charge in [0.2, 0.25) is 0 Å². The highest BCUT2D eigenvalue weighted by Crippen LogP contribution is 2.33. The molecule has 0 aromatic heterocycles. The van der Waals surface area contributed by atoms with Crippen LogP contribution in [-0.4, -0.2) is 11.1 Å². The lowest BCUT2D eigenvalue weighted by Crippen LogP contribution is -2.01. The largest absolute Gasteiger partial charge is 0.478 e. The van der Waals surface area contributed by atoms with Crippen LogP contribution in [0.25, 0.3) is 11.1 Å². The van der Waals surface area contributed by atoms with Crippen LogP contribution in [0.15, 0.2) is 30.3 Å². The average Bonchev–Trinajstić information content (AvgIpc) is 2.34. The number of aryl methyl sites for hydroxylation is 3. The van der Waals surface area contributed by atoms with E-state index in [1.165, 1.54) is 0 Å². The van der Waals surface area contributed by atoms with Gasteiger partial charge in [0.25, 0.3) is 0 Å². The lowest BCUT2D eigenvalue weighted by Gasteiger charge is -2.12. The van der Waals surface area contributed by atoms with Crippen molar-refractivity contribution < 1.29 is 9.90 Å². The van der Waals surface area contributed by atoms with Crippen molar-refractivity contribution in [1.82, 2.24) is 0 Å². The minimum Gasteiger partial charge on any atom is -0.478 e. The second-order valence-corrected chi connectivity index (χ2v) is 5.18. The van der Waals surface area contributed by atoms with E-state index in [4.69, 9.17) is 11.6 Å². The minimum atomic E-state index is -0.937. The van der Waals surface area contributed by atoms with Crippen LogP contribution in [0.1, 0.15) is 27.0 Å². The predicted octanol–water partition coefficient (Wildman–Crippen LogP) is 4.63. The molecule has 0 atom stereocenters. The molecule has 3 heteroatoms. The molecule has 19 heavy (non-hydrogen) atoms. The molecule has 2 rings (SSSR count). The Labute approximate surface area is 117 Å². The Balaban J connectivity index is 2.72. The molecule has 0 spiro atoms. The lowest BCUT2D eigenvalue weighted by molar-refractivity contribution is 0.0697. The summed E-state index contributed by atoms with van der Waals surface area (Å²) in [6, 6.07) is 9.19. The highest BCUT2D eigenvalue weighted by Gasteiger charge is 2.15. The van der Waals surface area contributed by atoms with Gasteiger partial charge in [-0.2, -0.15) is 0 Å². The van der Waals surface area contributed by atoms with Crippen molar-refractivity contribution in [2.24, 2.45) is 0 Å². The maximum absolute atomic E-state index is 11.4. The zero-order chi connectivity index (χ0) is 14.2. The number of carboxylic acids is 1. The third-order valence-corrected chi connectivity index (χ3v) is 3.59. The number of rotatable bonds is 2. The average molecular weight is 275 g/mol. The summed E-state index contributed by atoms with van der Waals surface area (Å²) < 4.78 is 0. The molecule has 0 aliphatic carbocycles. The molecule has 0 saturated heterocycles. The molecule has 2 nitrogen and oxygen atoms in total. The lowest BCUT2D eigenvalue weighted by atomic mass is 9.95. The highest BCUT2D eigenvalue weighted by molar-refractivity contribution is 6.33. The zero-order valence-corrected chi connectivity index (χ0v) is 11.9. The number of hydrogen-bond acceptors (Lipinski definition) is 1. The van der Waals surface area contributed by atoms with Gasteiger partial charge < -0.3 is 5.11 Å². The van der Waals surface area contributed by atoms with Crippen molar-refractivity contribution in [2.45, 2.75) is 20.8 Å². The van der Waals surface area contributed by atoms with E-state index in [1.54, 1.807) is 6.07 Å². The van der Waals surface area contributed by atoms with Crippen LogP contribution in [0.3, 0.4) is 0 Å². The Hall–Kier alpha value is -1.80. The SMILES string of the molecule is Cc1ccc(-c2cc(C)c(C)cc2Cl)c(C(=O)O)c1. The monoisotopic (exact) mass is 274 g/mol. The number of carboxylic acid groups (broad SMARTS) is 1. The normalized spacial score (nSPS) is 10.5. The van der Waals surface area contributed by atoms with Gasteiger partial charge in [-0.1, -0.05) is 29.3 Å². The van der Waals surface area contributed by atoms with Crippen LogP contribution in [0, 0.1) is 20.8 Å². The molecule has 0 aliphatic heterocycles. The van der Waals surface area contributed by atoms with Gasteiger partial charge in [0.15, 0.2) is 0 Å². The maximum atomic E-state index is 11.4. The zero-order valence-electron chi connectivity index (χ0n) is 11.1. The van der Waals surface area contributed by atoms with Crippen molar-refractivity contribution in [2.75, 3.05) is 0 Å². The first-order chi connectivity index (χ1) is 8.90. The molecule has 1 N–H and O–H groups in total. The van der Waals surface area contributed by atoms with Crippen LogP contribution in [0.4, 0.5) is 0 Å². The molecule has 0 bridgehead atoms. The van der Waals surface area contributed by atoms with E-state index in [-0.39, 0.29) is 5.56 Å². The minimum absolute atomic E-state index is 0.283. The predicted molar refractivity (Wildman–Crippen MR) is 78.1 cm³/mol. The van der Waals surface area contributed by atoms with Gasteiger partial charge in [-0.25, -0.2) is 4.79 Å². The number of hydrogen-bond donors (Lipinski definition) is 1. The first kappa shape index (κ1) is 13.6. The van der Waals surface area contributed by atoms with Crippen molar-refractivity contribution >= 4 is 17.6 Å². The summed E-state index contributed by atoms with van der Waals surface area (Å²) in [4.78, 5) is 11.4. The summed E-state index contributed by atoms with van der Waals surface area (Å²) >= 11 is 6.26. The summed E-state index contributed by atoms with van der Waals surface area (Å²) in [6.07, 6.45) is 0. The number of carbonyl (C=O) groups is 1. The summed E-state index contributed by atoms with van der Waals surface area (Å²) in [7, 11) is 0. The van der Waals surface area contributed by atoms with Gasteiger partial charge in [-0.15, -0.1) is 0 Å².